The third-order valence-corrected chi connectivity index (χ3v) is 3.19. The number of non-ortho nitro benzene ring substituents is 1. The summed E-state index contributed by atoms with van der Waals surface area (Å²) >= 11 is 5.98. The average molecular weight is 241 g/mol. The van der Waals surface area contributed by atoms with Crippen molar-refractivity contribution in [1.29, 1.82) is 0 Å². The predicted octanol–water partition coefficient (Wildman–Crippen LogP) is 3.46. The van der Waals surface area contributed by atoms with E-state index in [1.54, 1.807) is 6.07 Å². The van der Waals surface area contributed by atoms with Gasteiger partial charge in [-0.05, 0) is 31.7 Å². The maximum Gasteiger partial charge on any atom is 0.271 e. The van der Waals surface area contributed by atoms with Crippen molar-refractivity contribution in [3.05, 3.63) is 33.3 Å². The first-order valence-electron chi connectivity index (χ1n) is 5.28. The summed E-state index contributed by atoms with van der Waals surface area (Å²) in [4.78, 5) is 10.1. The van der Waals surface area contributed by atoms with Gasteiger partial charge >= 0.3 is 0 Å². The molecule has 16 heavy (non-hydrogen) atoms. The molecule has 0 aromatic heterocycles. The molecule has 1 aliphatic carbocycles. The van der Waals surface area contributed by atoms with E-state index in [2.05, 4.69) is 12.2 Å². The topological polar surface area (TPSA) is 55.2 Å². The number of nitrogens with one attached hydrogen (secondary N) is 1. The maximum absolute atomic E-state index is 10.5. The average Bonchev–Trinajstić information content (AvgIpc) is 3.03. The van der Waals surface area contributed by atoms with E-state index in [0.29, 0.717) is 17.0 Å². The summed E-state index contributed by atoms with van der Waals surface area (Å²) in [5.41, 5.74) is 0.793. The Morgan fingerprint density at radius 2 is 2.25 bits per heavy atom. The molecule has 2 rings (SSSR count). The first-order valence-corrected chi connectivity index (χ1v) is 5.66. The molecule has 1 saturated carbocycles. The van der Waals surface area contributed by atoms with Gasteiger partial charge in [-0.3, -0.25) is 10.1 Å². The third kappa shape index (κ3) is 2.44. The molecular weight excluding hydrogens is 228 g/mol. The van der Waals surface area contributed by atoms with Gasteiger partial charge in [0.2, 0.25) is 0 Å². The Bertz CT molecular complexity index is 418. The van der Waals surface area contributed by atoms with Crippen LogP contribution in [0.25, 0.3) is 0 Å². The molecule has 1 aliphatic rings. The molecule has 0 aliphatic heterocycles. The standard InChI is InChI=1S/C11H13ClN2O2/c1-7(8-2-3-8)13-11-5-4-9(14(15)16)6-10(11)12/h4-8,13H,2-3H2,1H3. The van der Waals surface area contributed by atoms with Crippen LogP contribution >= 0.6 is 11.6 Å². The van der Waals surface area contributed by atoms with E-state index in [1.165, 1.54) is 25.0 Å². The van der Waals surface area contributed by atoms with Crippen LogP contribution in [-0.2, 0) is 0 Å². The Morgan fingerprint density at radius 3 is 2.75 bits per heavy atom. The van der Waals surface area contributed by atoms with Crippen molar-refractivity contribution in [2.24, 2.45) is 5.92 Å². The van der Waals surface area contributed by atoms with Gasteiger partial charge in [0.15, 0.2) is 0 Å². The number of nitro benzene ring substituents is 1. The van der Waals surface area contributed by atoms with Gasteiger partial charge in [-0.2, -0.15) is 0 Å². The number of nitro groups is 1. The Hall–Kier alpha value is -1.29. The summed E-state index contributed by atoms with van der Waals surface area (Å²) in [6, 6.07) is 4.88. The van der Waals surface area contributed by atoms with Gasteiger partial charge < -0.3 is 5.32 Å². The fourth-order valence-electron chi connectivity index (χ4n) is 1.69. The van der Waals surface area contributed by atoms with Crippen LogP contribution in [0.3, 0.4) is 0 Å². The molecule has 86 valence electrons. The van der Waals surface area contributed by atoms with Crippen LogP contribution in [0.4, 0.5) is 11.4 Å². The maximum atomic E-state index is 10.5. The minimum Gasteiger partial charge on any atom is -0.381 e. The summed E-state index contributed by atoms with van der Waals surface area (Å²) in [5, 5.41) is 14.2. The van der Waals surface area contributed by atoms with Crippen LogP contribution in [0.5, 0.6) is 0 Å². The molecule has 4 nitrogen and oxygen atoms in total. The number of hydrogen-bond donors (Lipinski definition) is 1. The molecule has 0 bridgehead atoms. The first-order chi connectivity index (χ1) is 7.58. The van der Waals surface area contributed by atoms with Crippen LogP contribution in [0, 0.1) is 16.0 Å². The van der Waals surface area contributed by atoms with Gasteiger partial charge in [0.05, 0.1) is 15.6 Å². The summed E-state index contributed by atoms with van der Waals surface area (Å²) in [5.74, 6) is 0.714. The minimum absolute atomic E-state index is 0.0228. The number of anilines is 1. The molecule has 1 aromatic carbocycles. The van der Waals surface area contributed by atoms with Gasteiger partial charge in [0.1, 0.15) is 0 Å². The summed E-state index contributed by atoms with van der Waals surface area (Å²) < 4.78 is 0. The Morgan fingerprint density at radius 1 is 1.56 bits per heavy atom. The van der Waals surface area contributed by atoms with Crippen LogP contribution in [0.15, 0.2) is 18.2 Å². The largest absolute Gasteiger partial charge is 0.381 e. The van der Waals surface area contributed by atoms with E-state index in [-0.39, 0.29) is 5.69 Å². The van der Waals surface area contributed by atoms with Gasteiger partial charge in [-0.15, -0.1) is 0 Å². The van der Waals surface area contributed by atoms with E-state index in [0.717, 1.165) is 5.69 Å². The quantitative estimate of drug-likeness (QED) is 0.648. The number of benzene rings is 1. The molecule has 0 heterocycles. The van der Waals surface area contributed by atoms with E-state index in [9.17, 15) is 10.1 Å². The SMILES string of the molecule is CC(Nc1ccc([N+](=O)[O-])cc1Cl)C1CC1. The second-order valence-corrected chi connectivity index (χ2v) is 4.60. The number of rotatable bonds is 4. The molecule has 1 atom stereocenters. The van der Waals surface area contributed by atoms with Crippen molar-refractivity contribution in [3.8, 4) is 0 Å². The fourth-order valence-corrected chi connectivity index (χ4v) is 1.92. The monoisotopic (exact) mass is 240 g/mol. The molecule has 1 N–H and O–H groups in total. The smallest absolute Gasteiger partial charge is 0.271 e. The fraction of sp³-hybridized carbons (Fsp3) is 0.455. The van der Waals surface area contributed by atoms with E-state index < -0.39 is 4.92 Å². The molecule has 0 amide bonds. The lowest BCUT2D eigenvalue weighted by Gasteiger charge is -2.15. The summed E-state index contributed by atoms with van der Waals surface area (Å²) in [6.45, 7) is 2.11. The van der Waals surface area contributed by atoms with Crippen molar-refractivity contribution in [3.63, 3.8) is 0 Å². The van der Waals surface area contributed by atoms with Crippen LogP contribution in [0.1, 0.15) is 19.8 Å². The van der Waals surface area contributed by atoms with Gasteiger partial charge in [-0.1, -0.05) is 11.6 Å². The van der Waals surface area contributed by atoms with Crippen molar-refractivity contribution in [1.82, 2.24) is 0 Å². The molecule has 0 saturated heterocycles. The lowest BCUT2D eigenvalue weighted by atomic mass is 10.2. The first kappa shape index (κ1) is 11.2. The van der Waals surface area contributed by atoms with Crippen molar-refractivity contribution < 1.29 is 4.92 Å². The molecule has 0 radical (unpaired) electrons. The predicted molar refractivity (Wildman–Crippen MR) is 63.9 cm³/mol. The second kappa shape index (κ2) is 4.29. The highest BCUT2D eigenvalue weighted by Gasteiger charge is 2.28. The molecule has 0 spiro atoms. The number of nitrogens with zero attached hydrogens (tertiary/aromatic N) is 1. The van der Waals surface area contributed by atoms with Gasteiger partial charge in [0.25, 0.3) is 5.69 Å². The third-order valence-electron chi connectivity index (χ3n) is 2.88. The lowest BCUT2D eigenvalue weighted by molar-refractivity contribution is -0.384. The highest BCUT2D eigenvalue weighted by Crippen LogP contribution is 2.35. The Labute approximate surface area is 98.8 Å². The van der Waals surface area contributed by atoms with E-state index >= 15 is 0 Å². The highest BCUT2D eigenvalue weighted by atomic mass is 35.5. The molecule has 1 aromatic rings. The Balaban J connectivity index is 2.12. The van der Waals surface area contributed by atoms with Crippen molar-refractivity contribution in [2.45, 2.75) is 25.8 Å². The van der Waals surface area contributed by atoms with Crippen LogP contribution < -0.4 is 5.32 Å². The van der Waals surface area contributed by atoms with E-state index in [4.69, 9.17) is 11.6 Å². The van der Waals surface area contributed by atoms with E-state index in [1.807, 2.05) is 0 Å². The molecular formula is C11H13ClN2O2. The number of halogens is 1. The molecule has 5 heteroatoms. The van der Waals surface area contributed by atoms with Crippen molar-refractivity contribution >= 4 is 23.0 Å². The highest BCUT2D eigenvalue weighted by molar-refractivity contribution is 6.33. The van der Waals surface area contributed by atoms with Crippen LogP contribution in [0.2, 0.25) is 5.02 Å². The van der Waals surface area contributed by atoms with Gasteiger partial charge in [0, 0.05) is 18.2 Å². The zero-order valence-electron chi connectivity index (χ0n) is 8.94. The second-order valence-electron chi connectivity index (χ2n) is 4.19. The number of hydrogen-bond acceptors (Lipinski definition) is 3. The Kier molecular flexibility index (Phi) is 3.01. The normalized spacial score (nSPS) is 16.9. The lowest BCUT2D eigenvalue weighted by Crippen LogP contribution is -2.17. The molecule has 1 unspecified atom stereocenters. The van der Waals surface area contributed by atoms with Crippen LogP contribution in [-0.4, -0.2) is 11.0 Å². The van der Waals surface area contributed by atoms with Gasteiger partial charge in [-0.25, -0.2) is 0 Å². The zero-order valence-corrected chi connectivity index (χ0v) is 9.70. The minimum atomic E-state index is -0.444. The zero-order chi connectivity index (χ0) is 11.7. The van der Waals surface area contributed by atoms with Crippen molar-refractivity contribution in [2.75, 3.05) is 5.32 Å². The molecule has 1 fully saturated rings. The summed E-state index contributed by atoms with van der Waals surface area (Å²) in [7, 11) is 0. The summed E-state index contributed by atoms with van der Waals surface area (Å²) in [6.07, 6.45) is 2.50.